The quantitative estimate of drug-likeness (QED) is 0.298. The van der Waals surface area contributed by atoms with Gasteiger partial charge in [0, 0.05) is 11.1 Å². The Morgan fingerprint density at radius 1 is 0.500 bits per heavy atom. The van der Waals surface area contributed by atoms with Crippen molar-refractivity contribution in [2.45, 2.75) is 13.8 Å². The van der Waals surface area contributed by atoms with Crippen LogP contribution in [0.15, 0.2) is 110 Å². The minimum absolute atomic E-state index is 0.791. The van der Waals surface area contributed by atoms with Crippen LogP contribution >= 0.6 is 0 Å². The van der Waals surface area contributed by atoms with Crippen LogP contribution in [0.4, 0.5) is 0 Å². The van der Waals surface area contributed by atoms with Gasteiger partial charge in [0.15, 0.2) is 0 Å². The molecule has 0 aromatic heterocycles. The Bertz CT molecular complexity index is 1150. The van der Waals surface area contributed by atoms with Crippen LogP contribution in [-0.2, 0) is 0 Å². The lowest BCUT2D eigenvalue weighted by Crippen LogP contribution is -1.90. The van der Waals surface area contributed by atoms with Crippen LogP contribution in [0.25, 0.3) is 22.3 Å². The van der Waals surface area contributed by atoms with Gasteiger partial charge in [0.05, 0.1) is 0 Å². The first kappa shape index (κ1) is 21.2. The number of rotatable bonds is 7. The van der Waals surface area contributed by atoms with Crippen molar-refractivity contribution in [3.63, 3.8) is 0 Å². The Hall–Kier alpha value is -4.04. The number of benzene rings is 4. The molecule has 0 aliphatic heterocycles. The second-order valence-electron chi connectivity index (χ2n) is 7.81. The third kappa shape index (κ3) is 4.81. The summed E-state index contributed by atoms with van der Waals surface area (Å²) in [5.41, 5.74) is 6.20. The summed E-state index contributed by atoms with van der Waals surface area (Å²) < 4.78 is 12.2. The summed E-state index contributed by atoms with van der Waals surface area (Å²) in [6, 6.07) is 32.1. The molecule has 0 aliphatic carbocycles. The molecule has 4 aromatic rings. The molecule has 4 aromatic carbocycles. The fraction of sp³-hybridized carbons (Fsp3) is 0.0667. The SMILES string of the molecule is C=C(C)c1ccccc1Oc1ccc(-c2ccc(Oc3ccccc3C(=C)C)cc2)cc1. The van der Waals surface area contributed by atoms with E-state index in [0.717, 1.165) is 56.4 Å². The lowest BCUT2D eigenvalue weighted by Gasteiger charge is -2.12. The second kappa shape index (κ2) is 9.40. The molecule has 0 radical (unpaired) electrons. The van der Waals surface area contributed by atoms with E-state index in [9.17, 15) is 0 Å². The lowest BCUT2D eigenvalue weighted by molar-refractivity contribution is 0.480. The highest BCUT2D eigenvalue weighted by atomic mass is 16.5. The van der Waals surface area contributed by atoms with E-state index in [2.05, 4.69) is 37.4 Å². The van der Waals surface area contributed by atoms with Crippen LogP contribution in [0, 0.1) is 0 Å². The number of allylic oxidation sites excluding steroid dienone is 2. The first-order valence-electron chi connectivity index (χ1n) is 10.6. The topological polar surface area (TPSA) is 18.5 Å². The van der Waals surface area contributed by atoms with E-state index in [1.807, 2.05) is 86.6 Å². The molecule has 0 N–H and O–H groups in total. The average molecular weight is 419 g/mol. The van der Waals surface area contributed by atoms with E-state index in [1.54, 1.807) is 0 Å². The highest BCUT2D eigenvalue weighted by Crippen LogP contribution is 2.33. The van der Waals surface area contributed by atoms with Gasteiger partial charge in [-0.2, -0.15) is 0 Å². The molecule has 0 saturated carbocycles. The van der Waals surface area contributed by atoms with E-state index in [-0.39, 0.29) is 0 Å². The summed E-state index contributed by atoms with van der Waals surface area (Å²) >= 11 is 0. The van der Waals surface area contributed by atoms with E-state index >= 15 is 0 Å². The number of para-hydroxylation sites is 2. The zero-order valence-corrected chi connectivity index (χ0v) is 18.5. The molecular formula is C30H26O2. The molecule has 0 fully saturated rings. The van der Waals surface area contributed by atoms with Crippen LogP contribution in [0.2, 0.25) is 0 Å². The maximum absolute atomic E-state index is 6.09. The largest absolute Gasteiger partial charge is 0.457 e. The standard InChI is InChI=1S/C30H26O2/c1-21(2)27-9-5-7-11-29(27)31-25-17-13-23(14-18-25)24-15-19-26(20-16-24)32-30-12-8-6-10-28(30)22(3)4/h5-20H,1,3H2,2,4H3. The number of ether oxygens (including phenoxy) is 2. The minimum Gasteiger partial charge on any atom is -0.457 e. The third-order valence-electron chi connectivity index (χ3n) is 5.19. The van der Waals surface area contributed by atoms with Crippen LogP contribution < -0.4 is 9.47 Å². The fourth-order valence-electron chi connectivity index (χ4n) is 3.50. The van der Waals surface area contributed by atoms with Crippen LogP contribution in [0.3, 0.4) is 0 Å². The van der Waals surface area contributed by atoms with Gasteiger partial charge in [0.25, 0.3) is 0 Å². The van der Waals surface area contributed by atoms with E-state index in [4.69, 9.17) is 9.47 Å². The van der Waals surface area contributed by atoms with Crippen molar-refractivity contribution in [2.24, 2.45) is 0 Å². The molecule has 0 aliphatic rings. The second-order valence-corrected chi connectivity index (χ2v) is 7.81. The summed E-state index contributed by atoms with van der Waals surface area (Å²) in [4.78, 5) is 0. The summed E-state index contributed by atoms with van der Waals surface area (Å²) in [6.45, 7) is 12.0. The van der Waals surface area contributed by atoms with Crippen molar-refractivity contribution in [1.29, 1.82) is 0 Å². The van der Waals surface area contributed by atoms with Gasteiger partial charge >= 0.3 is 0 Å². The zero-order valence-electron chi connectivity index (χ0n) is 18.5. The molecule has 4 rings (SSSR count). The Kier molecular flexibility index (Phi) is 6.23. The maximum atomic E-state index is 6.09. The number of hydrogen-bond donors (Lipinski definition) is 0. The smallest absolute Gasteiger partial charge is 0.134 e. The highest BCUT2D eigenvalue weighted by molar-refractivity contribution is 5.69. The van der Waals surface area contributed by atoms with Crippen LogP contribution in [0.1, 0.15) is 25.0 Å². The Morgan fingerprint density at radius 3 is 1.19 bits per heavy atom. The molecular weight excluding hydrogens is 392 g/mol. The minimum atomic E-state index is 0.791. The molecule has 0 amide bonds. The molecule has 0 heterocycles. The summed E-state index contributed by atoms with van der Waals surface area (Å²) in [5.74, 6) is 3.20. The van der Waals surface area contributed by atoms with Crippen molar-refractivity contribution in [1.82, 2.24) is 0 Å². The molecule has 32 heavy (non-hydrogen) atoms. The van der Waals surface area contributed by atoms with Gasteiger partial charge in [-0.3, -0.25) is 0 Å². The van der Waals surface area contributed by atoms with Gasteiger partial charge in [0.2, 0.25) is 0 Å². The van der Waals surface area contributed by atoms with E-state index in [1.165, 1.54) is 0 Å². The average Bonchev–Trinajstić information content (AvgIpc) is 2.81. The lowest BCUT2D eigenvalue weighted by atomic mass is 10.1. The maximum Gasteiger partial charge on any atom is 0.134 e. The molecule has 2 nitrogen and oxygen atoms in total. The predicted octanol–water partition coefficient (Wildman–Crippen LogP) is 9.00. The van der Waals surface area contributed by atoms with Gasteiger partial charge in [-0.05, 0) is 72.5 Å². The zero-order chi connectivity index (χ0) is 22.5. The van der Waals surface area contributed by atoms with Gasteiger partial charge < -0.3 is 9.47 Å². The Morgan fingerprint density at radius 2 is 0.844 bits per heavy atom. The molecule has 0 saturated heterocycles. The Balaban J connectivity index is 1.48. The van der Waals surface area contributed by atoms with E-state index < -0.39 is 0 Å². The normalized spacial score (nSPS) is 10.4. The summed E-state index contributed by atoms with van der Waals surface area (Å²) in [5, 5.41) is 0. The van der Waals surface area contributed by atoms with Gasteiger partial charge in [-0.15, -0.1) is 0 Å². The van der Waals surface area contributed by atoms with Gasteiger partial charge in [-0.25, -0.2) is 0 Å². The molecule has 0 bridgehead atoms. The molecule has 0 spiro atoms. The Labute approximate surface area is 190 Å². The van der Waals surface area contributed by atoms with Crippen molar-refractivity contribution >= 4 is 11.1 Å². The van der Waals surface area contributed by atoms with E-state index in [0.29, 0.717) is 0 Å². The molecule has 0 unspecified atom stereocenters. The summed E-state index contributed by atoms with van der Waals surface area (Å²) in [6.07, 6.45) is 0. The van der Waals surface area contributed by atoms with Crippen molar-refractivity contribution in [3.8, 4) is 34.1 Å². The monoisotopic (exact) mass is 418 g/mol. The molecule has 2 heteroatoms. The summed E-state index contributed by atoms with van der Waals surface area (Å²) in [7, 11) is 0. The molecule has 0 atom stereocenters. The van der Waals surface area contributed by atoms with Crippen molar-refractivity contribution < 1.29 is 9.47 Å². The van der Waals surface area contributed by atoms with Crippen LogP contribution in [-0.4, -0.2) is 0 Å². The number of hydrogen-bond acceptors (Lipinski definition) is 2. The highest BCUT2D eigenvalue weighted by Gasteiger charge is 2.07. The van der Waals surface area contributed by atoms with Gasteiger partial charge in [-0.1, -0.05) is 73.8 Å². The van der Waals surface area contributed by atoms with Crippen molar-refractivity contribution in [2.75, 3.05) is 0 Å². The van der Waals surface area contributed by atoms with Crippen LogP contribution in [0.5, 0.6) is 23.0 Å². The predicted molar refractivity (Wildman–Crippen MR) is 134 cm³/mol. The third-order valence-corrected chi connectivity index (χ3v) is 5.19. The molecule has 158 valence electrons. The fourth-order valence-corrected chi connectivity index (χ4v) is 3.50. The first-order chi connectivity index (χ1) is 15.5. The van der Waals surface area contributed by atoms with Crippen molar-refractivity contribution in [3.05, 3.63) is 121 Å². The van der Waals surface area contributed by atoms with Gasteiger partial charge in [0.1, 0.15) is 23.0 Å². The first-order valence-corrected chi connectivity index (χ1v) is 10.6.